The zero-order chi connectivity index (χ0) is 17.5. The Morgan fingerprint density at radius 2 is 1.67 bits per heavy atom. The second-order valence-corrected chi connectivity index (χ2v) is 6.58. The lowest BCUT2D eigenvalue weighted by atomic mass is 10.1. The van der Waals surface area contributed by atoms with Gasteiger partial charge in [0.2, 0.25) is 0 Å². The van der Waals surface area contributed by atoms with Gasteiger partial charge >= 0.3 is 5.97 Å². The van der Waals surface area contributed by atoms with Gasteiger partial charge in [0.25, 0.3) is 0 Å². The topological polar surface area (TPSA) is 43.8 Å². The van der Waals surface area contributed by atoms with Gasteiger partial charge in [0.1, 0.15) is 0 Å². The molecule has 0 bridgehead atoms. The predicted octanol–water partition coefficient (Wildman–Crippen LogP) is 3.60. The quantitative estimate of drug-likeness (QED) is 0.793. The molecule has 0 unspecified atom stereocenters. The van der Waals surface area contributed by atoms with Gasteiger partial charge in [-0.15, -0.1) is 0 Å². The van der Waals surface area contributed by atoms with Crippen molar-refractivity contribution in [3.05, 3.63) is 70.2 Å². The first kappa shape index (κ1) is 18.5. The summed E-state index contributed by atoms with van der Waals surface area (Å²) >= 11 is 6.08. The van der Waals surface area contributed by atoms with E-state index in [1.807, 2.05) is 30.3 Å². The number of carboxylic acids is 1. The second kappa shape index (κ2) is 8.83. The van der Waals surface area contributed by atoms with Crippen molar-refractivity contribution in [1.82, 2.24) is 9.80 Å². The largest absolute Gasteiger partial charge is 0.478 e. The van der Waals surface area contributed by atoms with Crippen LogP contribution in [-0.2, 0) is 13.1 Å². The average Bonchev–Trinajstić information content (AvgIpc) is 2.53. The van der Waals surface area contributed by atoms with Crippen molar-refractivity contribution in [2.75, 3.05) is 27.2 Å². The van der Waals surface area contributed by atoms with Gasteiger partial charge in [0, 0.05) is 31.2 Å². The van der Waals surface area contributed by atoms with Crippen LogP contribution in [0.3, 0.4) is 0 Å². The van der Waals surface area contributed by atoms with Gasteiger partial charge in [-0.1, -0.05) is 35.9 Å². The maximum atomic E-state index is 11.0. The van der Waals surface area contributed by atoms with E-state index in [4.69, 9.17) is 16.7 Å². The molecule has 0 aliphatic rings. The second-order valence-electron chi connectivity index (χ2n) is 6.15. The Morgan fingerprint density at radius 3 is 2.25 bits per heavy atom. The van der Waals surface area contributed by atoms with Gasteiger partial charge < -0.3 is 10.0 Å². The summed E-state index contributed by atoms with van der Waals surface area (Å²) < 4.78 is 0. The minimum absolute atomic E-state index is 0.313. The van der Waals surface area contributed by atoms with E-state index >= 15 is 0 Å². The molecule has 0 aromatic heterocycles. The zero-order valence-electron chi connectivity index (χ0n) is 14.1. The van der Waals surface area contributed by atoms with Crippen molar-refractivity contribution in [2.24, 2.45) is 0 Å². The van der Waals surface area contributed by atoms with Crippen molar-refractivity contribution in [3.8, 4) is 0 Å². The molecule has 0 heterocycles. The Balaban J connectivity index is 2.08. The third-order valence-electron chi connectivity index (χ3n) is 3.77. The first-order chi connectivity index (χ1) is 11.4. The summed E-state index contributed by atoms with van der Waals surface area (Å²) in [5, 5.41) is 9.74. The highest BCUT2D eigenvalue weighted by molar-refractivity contribution is 6.30. The fraction of sp³-hybridized carbons (Fsp3) is 0.316. The molecule has 0 saturated heterocycles. The number of halogens is 1. The molecule has 128 valence electrons. The molecule has 0 atom stereocenters. The fourth-order valence-electron chi connectivity index (χ4n) is 2.46. The van der Waals surface area contributed by atoms with Crippen LogP contribution in [-0.4, -0.2) is 48.1 Å². The van der Waals surface area contributed by atoms with Crippen LogP contribution < -0.4 is 0 Å². The lowest BCUT2D eigenvalue weighted by Gasteiger charge is -2.24. The van der Waals surface area contributed by atoms with Crippen molar-refractivity contribution in [1.29, 1.82) is 0 Å². The van der Waals surface area contributed by atoms with E-state index in [0.717, 1.165) is 36.8 Å². The Kier molecular flexibility index (Phi) is 6.79. The molecular formula is C19H23ClN2O2. The molecule has 0 fully saturated rings. The summed E-state index contributed by atoms with van der Waals surface area (Å²) in [6, 6.07) is 15.0. The van der Waals surface area contributed by atoms with Crippen LogP contribution in [0.1, 0.15) is 21.5 Å². The monoisotopic (exact) mass is 346 g/mol. The maximum absolute atomic E-state index is 11.0. The number of benzene rings is 2. The van der Waals surface area contributed by atoms with Crippen LogP contribution in [0.5, 0.6) is 0 Å². The third kappa shape index (κ3) is 5.96. The summed E-state index contributed by atoms with van der Waals surface area (Å²) in [6.07, 6.45) is 0. The number of nitrogens with zero attached hydrogens (tertiary/aromatic N) is 2. The molecule has 0 radical (unpaired) electrons. The summed E-state index contributed by atoms with van der Waals surface area (Å²) in [6.45, 7) is 3.43. The molecule has 5 heteroatoms. The molecule has 24 heavy (non-hydrogen) atoms. The van der Waals surface area contributed by atoms with Crippen molar-refractivity contribution >= 4 is 17.6 Å². The summed E-state index contributed by atoms with van der Waals surface area (Å²) in [5.74, 6) is -0.898. The Morgan fingerprint density at radius 1 is 1.00 bits per heavy atom. The number of hydrogen-bond donors (Lipinski definition) is 1. The van der Waals surface area contributed by atoms with Crippen molar-refractivity contribution < 1.29 is 9.90 Å². The van der Waals surface area contributed by atoms with E-state index in [1.165, 1.54) is 5.56 Å². The smallest absolute Gasteiger partial charge is 0.335 e. The van der Waals surface area contributed by atoms with Gasteiger partial charge in [-0.3, -0.25) is 4.90 Å². The van der Waals surface area contributed by atoms with Gasteiger partial charge in [-0.2, -0.15) is 0 Å². The van der Waals surface area contributed by atoms with Crippen molar-refractivity contribution in [3.63, 3.8) is 0 Å². The molecule has 0 amide bonds. The molecule has 4 nitrogen and oxygen atoms in total. The minimum atomic E-state index is -0.898. The molecule has 0 aliphatic heterocycles. The minimum Gasteiger partial charge on any atom is -0.478 e. The van der Waals surface area contributed by atoms with E-state index < -0.39 is 5.97 Å². The van der Waals surface area contributed by atoms with Crippen LogP contribution in [0.2, 0.25) is 5.02 Å². The Hall–Kier alpha value is -1.88. The van der Waals surface area contributed by atoms with Crippen LogP contribution >= 0.6 is 11.6 Å². The molecule has 2 aromatic carbocycles. The highest BCUT2D eigenvalue weighted by Crippen LogP contribution is 2.15. The van der Waals surface area contributed by atoms with E-state index in [1.54, 1.807) is 12.1 Å². The van der Waals surface area contributed by atoms with Gasteiger partial charge in [-0.05, 0) is 49.5 Å². The highest BCUT2D eigenvalue weighted by atomic mass is 35.5. The number of carboxylic acid groups (broad SMARTS) is 1. The number of carbonyl (C=O) groups is 1. The molecule has 2 rings (SSSR count). The number of aromatic carboxylic acids is 1. The Bertz CT molecular complexity index is 671. The molecule has 2 aromatic rings. The fourth-order valence-corrected chi connectivity index (χ4v) is 2.67. The van der Waals surface area contributed by atoms with E-state index in [0.29, 0.717) is 5.56 Å². The third-order valence-corrected chi connectivity index (χ3v) is 4.00. The first-order valence-corrected chi connectivity index (χ1v) is 8.25. The predicted molar refractivity (Wildman–Crippen MR) is 97.5 cm³/mol. The lowest BCUT2D eigenvalue weighted by molar-refractivity contribution is 0.0697. The molecular weight excluding hydrogens is 324 g/mol. The highest BCUT2D eigenvalue weighted by Gasteiger charge is 2.09. The Labute approximate surface area is 148 Å². The van der Waals surface area contributed by atoms with Crippen LogP contribution in [0.4, 0.5) is 0 Å². The van der Waals surface area contributed by atoms with Gasteiger partial charge in [0.15, 0.2) is 0 Å². The SMILES string of the molecule is CN(C)CCN(Cc1ccc(C(=O)O)cc1)Cc1cccc(Cl)c1. The summed E-state index contributed by atoms with van der Waals surface area (Å²) in [7, 11) is 4.11. The zero-order valence-corrected chi connectivity index (χ0v) is 14.8. The summed E-state index contributed by atoms with van der Waals surface area (Å²) in [5.41, 5.74) is 2.58. The van der Waals surface area contributed by atoms with Crippen LogP contribution in [0, 0.1) is 0 Å². The van der Waals surface area contributed by atoms with E-state index in [9.17, 15) is 4.79 Å². The standard InChI is InChI=1S/C19H23ClN2O2/c1-21(2)10-11-22(14-16-4-3-5-18(20)12-16)13-15-6-8-17(9-7-15)19(23)24/h3-9,12H,10-11,13-14H2,1-2H3,(H,23,24). The number of rotatable bonds is 8. The number of hydrogen-bond acceptors (Lipinski definition) is 3. The van der Waals surface area contributed by atoms with Gasteiger partial charge in [-0.25, -0.2) is 4.79 Å². The van der Waals surface area contributed by atoms with Crippen molar-refractivity contribution in [2.45, 2.75) is 13.1 Å². The number of likely N-dealkylation sites (N-methyl/N-ethyl adjacent to an activating group) is 1. The normalized spacial score (nSPS) is 11.2. The molecule has 1 N–H and O–H groups in total. The van der Waals surface area contributed by atoms with Gasteiger partial charge in [0.05, 0.1) is 5.56 Å². The first-order valence-electron chi connectivity index (χ1n) is 7.88. The van der Waals surface area contributed by atoms with Crippen LogP contribution in [0.15, 0.2) is 48.5 Å². The molecule has 0 saturated carbocycles. The lowest BCUT2D eigenvalue weighted by Crippen LogP contribution is -2.31. The molecule has 0 spiro atoms. The van der Waals surface area contributed by atoms with Crippen LogP contribution in [0.25, 0.3) is 0 Å². The maximum Gasteiger partial charge on any atom is 0.335 e. The average molecular weight is 347 g/mol. The van der Waals surface area contributed by atoms with E-state index in [2.05, 4.69) is 30.0 Å². The van der Waals surface area contributed by atoms with E-state index in [-0.39, 0.29) is 0 Å². The summed E-state index contributed by atoms with van der Waals surface area (Å²) in [4.78, 5) is 15.4. The molecule has 0 aliphatic carbocycles.